The number of carbonyl (C=O) groups is 2. The van der Waals surface area contributed by atoms with Crippen molar-refractivity contribution in [2.24, 2.45) is 0 Å². The minimum absolute atomic E-state index is 0.182. The SMILES string of the molecule is Cc1ccc(C)c(-c2ccc(C[C@@H](NC(=O)OC(C)(C)C)C(=O)O)cc2)c1. The normalized spacial score (nSPS) is 12.3. The van der Waals surface area contributed by atoms with Gasteiger partial charge in [0.15, 0.2) is 0 Å². The zero-order chi connectivity index (χ0) is 20.2. The van der Waals surface area contributed by atoms with Crippen molar-refractivity contribution in [3.05, 3.63) is 59.2 Å². The van der Waals surface area contributed by atoms with Gasteiger partial charge in [-0.2, -0.15) is 0 Å². The average molecular weight is 369 g/mol. The molecule has 2 N–H and O–H groups in total. The van der Waals surface area contributed by atoms with Gasteiger partial charge in [-0.3, -0.25) is 0 Å². The van der Waals surface area contributed by atoms with Crippen LogP contribution < -0.4 is 5.32 Å². The number of amides is 1. The highest BCUT2D eigenvalue weighted by molar-refractivity contribution is 5.80. The van der Waals surface area contributed by atoms with Crippen molar-refractivity contribution in [1.29, 1.82) is 0 Å². The summed E-state index contributed by atoms with van der Waals surface area (Å²) in [4.78, 5) is 23.4. The van der Waals surface area contributed by atoms with Crippen molar-refractivity contribution in [3.8, 4) is 11.1 Å². The first-order valence-corrected chi connectivity index (χ1v) is 8.94. The van der Waals surface area contributed by atoms with Crippen LogP contribution in [0.5, 0.6) is 0 Å². The first-order valence-electron chi connectivity index (χ1n) is 8.94. The summed E-state index contributed by atoms with van der Waals surface area (Å²) in [5.41, 5.74) is 4.75. The number of benzene rings is 2. The zero-order valence-electron chi connectivity index (χ0n) is 16.5. The third-order valence-corrected chi connectivity index (χ3v) is 4.09. The van der Waals surface area contributed by atoms with Crippen LogP contribution >= 0.6 is 0 Å². The Balaban J connectivity index is 2.12. The first kappa shape index (κ1) is 20.5. The molecule has 0 aliphatic heterocycles. The van der Waals surface area contributed by atoms with Crippen molar-refractivity contribution in [3.63, 3.8) is 0 Å². The Kier molecular flexibility index (Phi) is 6.26. The van der Waals surface area contributed by atoms with Gasteiger partial charge in [-0.15, -0.1) is 0 Å². The number of aliphatic carboxylic acids is 1. The number of carboxylic acid groups (broad SMARTS) is 1. The summed E-state index contributed by atoms with van der Waals surface area (Å²) in [5.74, 6) is -1.10. The summed E-state index contributed by atoms with van der Waals surface area (Å²) in [6.07, 6.45) is -0.552. The van der Waals surface area contributed by atoms with Crippen LogP contribution in [0, 0.1) is 13.8 Å². The molecule has 1 atom stereocenters. The van der Waals surface area contributed by atoms with Gasteiger partial charge in [0.05, 0.1) is 0 Å². The number of hydrogen-bond donors (Lipinski definition) is 2. The van der Waals surface area contributed by atoms with Gasteiger partial charge in [-0.1, -0.05) is 48.0 Å². The third-order valence-electron chi connectivity index (χ3n) is 4.09. The Bertz CT molecular complexity index is 819. The van der Waals surface area contributed by atoms with Crippen LogP contribution in [-0.4, -0.2) is 28.8 Å². The molecule has 0 unspecified atom stereocenters. The fourth-order valence-electron chi connectivity index (χ4n) is 2.75. The molecule has 0 saturated carbocycles. The van der Waals surface area contributed by atoms with E-state index in [0.29, 0.717) is 0 Å². The smallest absolute Gasteiger partial charge is 0.408 e. The van der Waals surface area contributed by atoms with Gasteiger partial charge in [-0.05, 0) is 56.9 Å². The molecule has 0 spiro atoms. The molecule has 0 aliphatic rings. The van der Waals surface area contributed by atoms with Gasteiger partial charge < -0.3 is 15.2 Å². The van der Waals surface area contributed by atoms with Gasteiger partial charge >= 0.3 is 12.1 Å². The summed E-state index contributed by atoms with van der Waals surface area (Å²) in [6, 6.07) is 13.0. The number of carboxylic acids is 1. The van der Waals surface area contributed by atoms with E-state index in [-0.39, 0.29) is 6.42 Å². The van der Waals surface area contributed by atoms with Gasteiger partial charge in [-0.25, -0.2) is 9.59 Å². The monoisotopic (exact) mass is 369 g/mol. The van der Waals surface area contributed by atoms with Crippen LogP contribution in [0.2, 0.25) is 0 Å². The molecular weight excluding hydrogens is 342 g/mol. The van der Waals surface area contributed by atoms with E-state index >= 15 is 0 Å². The van der Waals surface area contributed by atoms with Crippen molar-refractivity contribution in [2.45, 2.75) is 52.7 Å². The van der Waals surface area contributed by atoms with Crippen LogP contribution in [-0.2, 0) is 16.0 Å². The van der Waals surface area contributed by atoms with Gasteiger partial charge in [0.2, 0.25) is 0 Å². The molecule has 0 heterocycles. The molecular formula is C22H27NO4. The molecule has 0 aliphatic carbocycles. The molecule has 0 fully saturated rings. The number of ether oxygens (including phenoxy) is 1. The van der Waals surface area contributed by atoms with Crippen molar-refractivity contribution in [2.75, 3.05) is 0 Å². The molecule has 0 aromatic heterocycles. The Morgan fingerprint density at radius 3 is 2.26 bits per heavy atom. The van der Waals surface area contributed by atoms with Crippen LogP contribution in [0.3, 0.4) is 0 Å². The summed E-state index contributed by atoms with van der Waals surface area (Å²) >= 11 is 0. The number of aryl methyl sites for hydroxylation is 2. The maximum Gasteiger partial charge on any atom is 0.408 e. The largest absolute Gasteiger partial charge is 0.480 e. The molecule has 1 amide bonds. The van der Waals surface area contributed by atoms with E-state index in [0.717, 1.165) is 16.7 Å². The minimum atomic E-state index is -1.10. The molecule has 0 radical (unpaired) electrons. The highest BCUT2D eigenvalue weighted by atomic mass is 16.6. The first-order chi connectivity index (χ1) is 12.5. The lowest BCUT2D eigenvalue weighted by molar-refractivity contribution is -0.139. The van der Waals surface area contributed by atoms with E-state index in [1.807, 2.05) is 24.3 Å². The Morgan fingerprint density at radius 1 is 1.07 bits per heavy atom. The number of hydrogen-bond acceptors (Lipinski definition) is 3. The zero-order valence-corrected chi connectivity index (χ0v) is 16.5. The summed E-state index contributed by atoms with van der Waals surface area (Å²) < 4.78 is 5.14. The van der Waals surface area contributed by atoms with Crippen molar-refractivity contribution in [1.82, 2.24) is 5.32 Å². The maximum absolute atomic E-state index is 11.9. The van der Waals surface area contributed by atoms with E-state index in [9.17, 15) is 14.7 Å². The Hall–Kier alpha value is -2.82. The van der Waals surface area contributed by atoms with E-state index in [1.165, 1.54) is 11.1 Å². The Morgan fingerprint density at radius 2 is 1.70 bits per heavy atom. The lowest BCUT2D eigenvalue weighted by Gasteiger charge is -2.22. The van der Waals surface area contributed by atoms with Crippen LogP contribution in [0.25, 0.3) is 11.1 Å². The molecule has 5 nitrogen and oxygen atoms in total. The third kappa shape index (κ3) is 6.13. The minimum Gasteiger partial charge on any atom is -0.480 e. The van der Waals surface area contributed by atoms with E-state index in [1.54, 1.807) is 20.8 Å². The van der Waals surface area contributed by atoms with E-state index in [4.69, 9.17) is 4.74 Å². The predicted molar refractivity (Wildman–Crippen MR) is 106 cm³/mol. The number of alkyl carbamates (subject to hydrolysis) is 1. The maximum atomic E-state index is 11.9. The molecule has 27 heavy (non-hydrogen) atoms. The highest BCUT2D eigenvalue weighted by Crippen LogP contribution is 2.25. The lowest BCUT2D eigenvalue weighted by Crippen LogP contribution is -2.44. The fourth-order valence-corrected chi connectivity index (χ4v) is 2.75. The summed E-state index contributed by atoms with van der Waals surface area (Å²) in [7, 11) is 0. The van der Waals surface area contributed by atoms with Gasteiger partial charge in [0.1, 0.15) is 11.6 Å². The van der Waals surface area contributed by atoms with E-state index in [2.05, 4.69) is 37.4 Å². The van der Waals surface area contributed by atoms with Crippen LogP contribution in [0.4, 0.5) is 4.79 Å². The van der Waals surface area contributed by atoms with Crippen molar-refractivity contribution < 1.29 is 19.4 Å². The molecule has 2 rings (SSSR count). The highest BCUT2D eigenvalue weighted by Gasteiger charge is 2.24. The lowest BCUT2D eigenvalue weighted by atomic mass is 9.96. The molecule has 5 heteroatoms. The average Bonchev–Trinajstić information content (AvgIpc) is 2.55. The second-order valence-corrected chi connectivity index (χ2v) is 7.76. The number of rotatable bonds is 5. The molecule has 0 bridgehead atoms. The molecule has 2 aromatic carbocycles. The standard InChI is InChI=1S/C22H27NO4/c1-14-6-7-15(2)18(12-14)17-10-8-16(9-11-17)13-19(20(24)25)23-21(26)27-22(3,4)5/h6-12,19H,13H2,1-5H3,(H,23,26)(H,24,25)/t19-/m1/s1. The predicted octanol–water partition coefficient (Wildman–Crippen LogP) is 4.49. The molecule has 0 saturated heterocycles. The quantitative estimate of drug-likeness (QED) is 0.814. The number of carbonyl (C=O) groups excluding carboxylic acids is 1. The number of nitrogens with one attached hydrogen (secondary N) is 1. The van der Waals surface area contributed by atoms with Crippen LogP contribution in [0.1, 0.15) is 37.5 Å². The summed E-state index contributed by atoms with van der Waals surface area (Å²) in [6.45, 7) is 9.31. The van der Waals surface area contributed by atoms with Crippen LogP contribution in [0.15, 0.2) is 42.5 Å². The topological polar surface area (TPSA) is 75.6 Å². The van der Waals surface area contributed by atoms with Crippen molar-refractivity contribution >= 4 is 12.1 Å². The van der Waals surface area contributed by atoms with E-state index < -0.39 is 23.7 Å². The van der Waals surface area contributed by atoms with Gasteiger partial charge in [0, 0.05) is 6.42 Å². The molecule has 2 aromatic rings. The Labute approximate surface area is 160 Å². The molecule has 144 valence electrons. The summed E-state index contributed by atoms with van der Waals surface area (Å²) in [5, 5.41) is 11.8. The second-order valence-electron chi connectivity index (χ2n) is 7.76. The fraction of sp³-hybridized carbons (Fsp3) is 0.364. The second kappa shape index (κ2) is 8.25. The van der Waals surface area contributed by atoms with Gasteiger partial charge in [0.25, 0.3) is 0 Å².